The minimum atomic E-state index is -3.43. The summed E-state index contributed by atoms with van der Waals surface area (Å²) >= 11 is 1.53. The Morgan fingerprint density at radius 3 is 2.60 bits per heavy atom. The van der Waals surface area contributed by atoms with Gasteiger partial charge in [-0.05, 0) is 24.9 Å². The smallest absolute Gasteiger partial charge is 0.330 e. The van der Waals surface area contributed by atoms with Gasteiger partial charge >= 0.3 is 5.97 Å². The molecule has 9 heteroatoms. The molecule has 1 aliphatic carbocycles. The first-order valence-corrected chi connectivity index (χ1v) is 9.37. The van der Waals surface area contributed by atoms with Crippen molar-refractivity contribution in [1.82, 2.24) is 5.32 Å². The molecule has 0 spiro atoms. The Hall–Kier alpha value is -0.800. The Kier molecular flexibility index (Phi) is 4.05. The fraction of sp³-hybridized carbons (Fsp3) is 0.818. The van der Waals surface area contributed by atoms with Crippen molar-refractivity contribution in [3.8, 4) is 0 Å². The highest BCUT2D eigenvalue weighted by Crippen LogP contribution is 2.52. The lowest BCUT2D eigenvalue weighted by Crippen LogP contribution is -2.61. The normalized spacial score (nSPS) is 35.1. The van der Waals surface area contributed by atoms with Crippen LogP contribution in [0.5, 0.6) is 0 Å². The van der Waals surface area contributed by atoms with Crippen LogP contribution in [0.3, 0.4) is 0 Å². The molecule has 1 heterocycles. The first kappa shape index (κ1) is 15.6. The number of rotatable bonds is 6. The lowest BCUT2D eigenvalue weighted by Gasteiger charge is -2.28. The second-order valence-electron chi connectivity index (χ2n) is 5.34. The molecule has 0 aromatic carbocycles. The third-order valence-electron chi connectivity index (χ3n) is 3.95. The highest BCUT2D eigenvalue weighted by atomic mass is 32.2. The molecule has 2 fully saturated rings. The fourth-order valence-corrected chi connectivity index (χ4v) is 5.69. The van der Waals surface area contributed by atoms with Gasteiger partial charge in [0.1, 0.15) is 0 Å². The molecule has 114 valence electrons. The van der Waals surface area contributed by atoms with Gasteiger partial charge in [0, 0.05) is 5.92 Å². The second-order valence-corrected chi connectivity index (χ2v) is 8.55. The minimum absolute atomic E-state index is 0.301. The SMILES string of the molecule is CSCC[C@H](N)C(=O)N[C@@]1(C(=O)O)CS(=O)(=O)[C@H]2C[C@H]21. The number of hydrogen-bond donors (Lipinski definition) is 3. The van der Waals surface area contributed by atoms with E-state index in [0.717, 1.165) is 0 Å². The number of aliphatic carboxylic acids is 1. The van der Waals surface area contributed by atoms with E-state index >= 15 is 0 Å². The molecule has 1 saturated heterocycles. The molecule has 7 nitrogen and oxygen atoms in total. The summed E-state index contributed by atoms with van der Waals surface area (Å²) in [7, 11) is -3.43. The monoisotopic (exact) mass is 322 g/mol. The molecule has 2 aliphatic rings. The maximum absolute atomic E-state index is 12.0. The van der Waals surface area contributed by atoms with E-state index in [1.165, 1.54) is 11.8 Å². The van der Waals surface area contributed by atoms with E-state index in [2.05, 4.69) is 5.32 Å². The molecule has 0 aromatic heterocycles. The summed E-state index contributed by atoms with van der Waals surface area (Å²) in [6, 6.07) is -0.820. The quantitative estimate of drug-likeness (QED) is 0.562. The van der Waals surface area contributed by atoms with E-state index < -0.39 is 50.2 Å². The van der Waals surface area contributed by atoms with Crippen LogP contribution in [0.1, 0.15) is 12.8 Å². The average molecular weight is 322 g/mol. The third-order valence-corrected chi connectivity index (χ3v) is 6.90. The first-order valence-electron chi connectivity index (χ1n) is 6.26. The third kappa shape index (κ3) is 2.53. The van der Waals surface area contributed by atoms with Gasteiger partial charge in [-0.25, -0.2) is 13.2 Å². The van der Waals surface area contributed by atoms with Gasteiger partial charge in [-0.3, -0.25) is 4.79 Å². The average Bonchev–Trinajstić information content (AvgIpc) is 3.11. The lowest BCUT2D eigenvalue weighted by molar-refractivity contribution is -0.147. The second kappa shape index (κ2) is 5.19. The number of nitrogens with two attached hydrogens (primary N) is 1. The van der Waals surface area contributed by atoms with Crippen LogP contribution in [-0.4, -0.2) is 60.0 Å². The predicted molar refractivity (Wildman–Crippen MR) is 75.2 cm³/mol. The fourth-order valence-electron chi connectivity index (χ4n) is 2.71. The van der Waals surface area contributed by atoms with Gasteiger partial charge in [0.25, 0.3) is 0 Å². The van der Waals surface area contributed by atoms with Crippen molar-refractivity contribution < 1.29 is 23.1 Å². The van der Waals surface area contributed by atoms with Gasteiger partial charge in [0.2, 0.25) is 5.91 Å². The topological polar surface area (TPSA) is 127 Å². The molecule has 4 N–H and O–H groups in total. The lowest BCUT2D eigenvalue weighted by atomic mass is 9.95. The molecule has 2 rings (SSSR count). The number of carboxylic acid groups (broad SMARTS) is 1. The van der Waals surface area contributed by atoms with Gasteiger partial charge in [-0.1, -0.05) is 0 Å². The van der Waals surface area contributed by atoms with Gasteiger partial charge in [-0.2, -0.15) is 11.8 Å². The number of nitrogens with one attached hydrogen (secondary N) is 1. The van der Waals surface area contributed by atoms with Crippen molar-refractivity contribution in [3.05, 3.63) is 0 Å². The number of thioether (sulfide) groups is 1. The molecule has 1 aliphatic heterocycles. The number of carboxylic acids is 1. The number of fused-ring (bicyclic) bond motifs is 1. The maximum Gasteiger partial charge on any atom is 0.330 e. The van der Waals surface area contributed by atoms with Crippen LogP contribution in [0.4, 0.5) is 0 Å². The Morgan fingerprint density at radius 1 is 1.55 bits per heavy atom. The molecule has 0 unspecified atom stereocenters. The molecule has 0 radical (unpaired) electrons. The zero-order valence-electron chi connectivity index (χ0n) is 11.0. The van der Waals surface area contributed by atoms with Crippen LogP contribution < -0.4 is 11.1 Å². The summed E-state index contributed by atoms with van der Waals surface area (Å²) in [5, 5.41) is 11.1. The molecular formula is C11H18N2O5S2. The van der Waals surface area contributed by atoms with Crippen molar-refractivity contribution in [2.45, 2.75) is 29.7 Å². The van der Waals surface area contributed by atoms with E-state index in [9.17, 15) is 23.1 Å². The largest absolute Gasteiger partial charge is 0.479 e. The van der Waals surface area contributed by atoms with Crippen LogP contribution in [0.15, 0.2) is 0 Å². The molecule has 0 aromatic rings. The van der Waals surface area contributed by atoms with Crippen LogP contribution in [-0.2, 0) is 19.4 Å². The number of carbonyl (C=O) groups is 2. The summed E-state index contributed by atoms with van der Waals surface area (Å²) in [5.74, 6) is -2.27. The van der Waals surface area contributed by atoms with Crippen molar-refractivity contribution in [1.29, 1.82) is 0 Å². The first-order chi connectivity index (χ1) is 9.24. The number of sulfone groups is 1. The standard InChI is InChI=1S/C11H18N2O5S2/c1-19-3-2-7(12)9(14)13-11(10(15)16)5-20(17,18)8-4-6(8)11/h6-8H,2-5,12H2,1H3,(H,13,14)(H,15,16)/t6-,7+,8+,11+/m1/s1. The van der Waals surface area contributed by atoms with Crippen molar-refractivity contribution >= 4 is 33.5 Å². The summed E-state index contributed by atoms with van der Waals surface area (Å²) in [5.41, 5.74) is 4.00. The highest BCUT2D eigenvalue weighted by Gasteiger charge is 2.70. The van der Waals surface area contributed by atoms with Crippen molar-refractivity contribution in [3.63, 3.8) is 0 Å². The molecular weight excluding hydrogens is 304 g/mol. The molecule has 1 amide bonds. The number of hydrogen-bond acceptors (Lipinski definition) is 6. The van der Waals surface area contributed by atoms with E-state index in [4.69, 9.17) is 5.73 Å². The summed E-state index contributed by atoms with van der Waals surface area (Å²) in [6.07, 6.45) is 2.60. The van der Waals surface area contributed by atoms with Gasteiger partial charge in [-0.15, -0.1) is 0 Å². The maximum atomic E-state index is 12.0. The van der Waals surface area contributed by atoms with E-state index in [1.807, 2.05) is 6.26 Å². The molecule has 4 atom stereocenters. The Bertz CT molecular complexity index is 535. The predicted octanol–water partition coefficient (Wildman–Crippen LogP) is -1.18. The van der Waals surface area contributed by atoms with Crippen molar-refractivity contribution in [2.75, 3.05) is 17.8 Å². The molecule has 1 saturated carbocycles. The van der Waals surface area contributed by atoms with E-state index in [-0.39, 0.29) is 0 Å². The van der Waals surface area contributed by atoms with Crippen LogP contribution >= 0.6 is 11.8 Å². The Balaban J connectivity index is 2.13. The van der Waals surface area contributed by atoms with Gasteiger partial charge in [0.15, 0.2) is 15.4 Å². The van der Waals surface area contributed by atoms with Crippen LogP contribution in [0, 0.1) is 5.92 Å². The summed E-state index contributed by atoms with van der Waals surface area (Å²) < 4.78 is 23.6. The van der Waals surface area contributed by atoms with Crippen LogP contribution in [0.2, 0.25) is 0 Å². The Morgan fingerprint density at radius 2 is 2.20 bits per heavy atom. The van der Waals surface area contributed by atoms with Gasteiger partial charge in [0.05, 0.1) is 17.0 Å². The zero-order chi connectivity index (χ0) is 15.1. The van der Waals surface area contributed by atoms with E-state index in [0.29, 0.717) is 18.6 Å². The van der Waals surface area contributed by atoms with Crippen molar-refractivity contribution in [2.24, 2.45) is 11.7 Å². The summed E-state index contributed by atoms with van der Waals surface area (Å²) in [6.45, 7) is 0. The number of carbonyl (C=O) groups excluding carboxylic acids is 1. The zero-order valence-corrected chi connectivity index (χ0v) is 12.7. The molecule has 0 bridgehead atoms. The molecule has 20 heavy (non-hydrogen) atoms. The number of amides is 1. The minimum Gasteiger partial charge on any atom is -0.479 e. The highest BCUT2D eigenvalue weighted by molar-refractivity contribution is 7.98. The van der Waals surface area contributed by atoms with Gasteiger partial charge < -0.3 is 16.2 Å². The van der Waals surface area contributed by atoms with Crippen LogP contribution in [0.25, 0.3) is 0 Å². The van der Waals surface area contributed by atoms with E-state index in [1.54, 1.807) is 0 Å². The Labute approximate surface area is 121 Å². The summed E-state index contributed by atoms with van der Waals surface area (Å²) in [4.78, 5) is 23.5.